The summed E-state index contributed by atoms with van der Waals surface area (Å²) in [5.74, 6) is 0.240. The Hall–Kier alpha value is -2.01. The third-order valence-corrected chi connectivity index (χ3v) is 5.67. The fourth-order valence-corrected chi connectivity index (χ4v) is 4.25. The van der Waals surface area contributed by atoms with Crippen molar-refractivity contribution in [1.82, 2.24) is 4.90 Å². The second-order valence-corrected chi connectivity index (χ2v) is 6.91. The number of ketones is 1. The molecule has 1 aliphatic carbocycles. The topological polar surface area (TPSA) is 40.6 Å². The van der Waals surface area contributed by atoms with Crippen LogP contribution in [0.1, 0.15) is 19.8 Å². The van der Waals surface area contributed by atoms with Gasteiger partial charge in [0, 0.05) is 32.6 Å². The second-order valence-electron chi connectivity index (χ2n) is 5.72. The van der Waals surface area contributed by atoms with E-state index in [4.69, 9.17) is 0 Å². The molecule has 0 spiro atoms. The smallest absolute Gasteiger partial charge is 0.223 e. The summed E-state index contributed by atoms with van der Waals surface area (Å²) in [5.41, 5.74) is 1.93. The highest BCUT2D eigenvalue weighted by molar-refractivity contribution is 8.04. The van der Waals surface area contributed by atoms with Crippen LogP contribution < -0.4 is 4.90 Å². The fraction of sp³-hybridized carbons (Fsp3) is 0.333. The Kier molecular flexibility index (Phi) is 4.57. The molecule has 0 N–H and O–H groups in total. The molecule has 1 unspecified atom stereocenters. The number of nitrogens with zero attached hydrogens (tertiary/aromatic N) is 2. The number of carbonyl (C=O) groups excluding carboxylic acids is 2. The molecular weight excluding hydrogens is 308 g/mol. The van der Waals surface area contributed by atoms with Gasteiger partial charge in [-0.15, -0.1) is 0 Å². The van der Waals surface area contributed by atoms with Gasteiger partial charge in [0.1, 0.15) is 0 Å². The van der Waals surface area contributed by atoms with Crippen molar-refractivity contribution in [2.24, 2.45) is 0 Å². The first-order chi connectivity index (χ1) is 11.1. The van der Waals surface area contributed by atoms with Crippen LogP contribution in [0.4, 0.5) is 5.69 Å². The Balaban J connectivity index is 1.68. The van der Waals surface area contributed by atoms with E-state index >= 15 is 0 Å². The second kappa shape index (κ2) is 6.62. The molecular formula is C18H20N2O2S. The number of hydrogen-bond acceptors (Lipinski definition) is 4. The Bertz CT molecular complexity index is 682. The fourth-order valence-electron chi connectivity index (χ4n) is 2.93. The van der Waals surface area contributed by atoms with E-state index < -0.39 is 0 Å². The molecule has 120 valence electrons. The number of para-hydroxylation sites is 1. The third kappa shape index (κ3) is 3.20. The van der Waals surface area contributed by atoms with E-state index in [9.17, 15) is 9.59 Å². The van der Waals surface area contributed by atoms with Crippen molar-refractivity contribution in [2.75, 3.05) is 18.5 Å². The number of Topliss-reactive ketones (excluding diaryl/α,β-unsaturated/α-hetero) is 1. The molecule has 1 aliphatic heterocycles. The molecule has 1 amide bonds. The first-order valence-electron chi connectivity index (χ1n) is 7.74. The molecule has 0 radical (unpaired) electrons. The van der Waals surface area contributed by atoms with Crippen LogP contribution in [0.25, 0.3) is 0 Å². The van der Waals surface area contributed by atoms with Crippen LogP contribution in [0.15, 0.2) is 53.1 Å². The maximum Gasteiger partial charge on any atom is 0.223 e. The van der Waals surface area contributed by atoms with Crippen molar-refractivity contribution in [2.45, 2.75) is 25.1 Å². The Morgan fingerprint density at radius 2 is 2.09 bits per heavy atom. The summed E-state index contributed by atoms with van der Waals surface area (Å²) in [5, 5.41) is 0.192. The Labute approximate surface area is 140 Å². The van der Waals surface area contributed by atoms with Gasteiger partial charge in [-0.2, -0.15) is 0 Å². The highest BCUT2D eigenvalue weighted by Gasteiger charge is 2.33. The Morgan fingerprint density at radius 1 is 1.35 bits per heavy atom. The molecule has 3 rings (SSSR count). The average molecular weight is 328 g/mol. The highest BCUT2D eigenvalue weighted by atomic mass is 32.2. The zero-order valence-corrected chi connectivity index (χ0v) is 14.2. The number of rotatable bonds is 4. The van der Waals surface area contributed by atoms with E-state index in [0.717, 1.165) is 22.7 Å². The Morgan fingerprint density at radius 3 is 2.74 bits per heavy atom. The third-order valence-electron chi connectivity index (χ3n) is 4.18. The summed E-state index contributed by atoms with van der Waals surface area (Å²) < 4.78 is 0. The minimum atomic E-state index is 0.0375. The zero-order chi connectivity index (χ0) is 16.4. The van der Waals surface area contributed by atoms with E-state index in [2.05, 4.69) is 4.90 Å². The largest absolute Gasteiger partial charge is 0.361 e. The van der Waals surface area contributed by atoms with Gasteiger partial charge in [0.05, 0.1) is 16.0 Å². The van der Waals surface area contributed by atoms with E-state index in [0.29, 0.717) is 13.0 Å². The highest BCUT2D eigenvalue weighted by Crippen LogP contribution is 2.42. The van der Waals surface area contributed by atoms with Gasteiger partial charge < -0.3 is 9.80 Å². The first kappa shape index (κ1) is 15.9. The van der Waals surface area contributed by atoms with Gasteiger partial charge in [-0.3, -0.25) is 9.59 Å². The van der Waals surface area contributed by atoms with Crippen molar-refractivity contribution < 1.29 is 9.59 Å². The van der Waals surface area contributed by atoms with Crippen LogP contribution >= 0.6 is 11.8 Å². The van der Waals surface area contributed by atoms with Gasteiger partial charge in [0.2, 0.25) is 5.91 Å². The molecule has 1 aromatic carbocycles. The normalized spacial score (nSPS) is 20.0. The van der Waals surface area contributed by atoms with Gasteiger partial charge in [0.25, 0.3) is 0 Å². The lowest BCUT2D eigenvalue weighted by atomic mass is 10.1. The van der Waals surface area contributed by atoms with E-state index in [1.165, 1.54) is 0 Å². The molecule has 0 aromatic heterocycles. The predicted molar refractivity (Wildman–Crippen MR) is 94.0 cm³/mol. The number of benzene rings is 1. The van der Waals surface area contributed by atoms with Crippen molar-refractivity contribution >= 4 is 29.1 Å². The quantitative estimate of drug-likeness (QED) is 0.851. The van der Waals surface area contributed by atoms with Crippen molar-refractivity contribution in [3.05, 3.63) is 53.1 Å². The number of allylic oxidation sites excluding steroid dienone is 3. The number of anilines is 1. The number of hydrogen-bond donors (Lipinski definition) is 0. The van der Waals surface area contributed by atoms with Gasteiger partial charge in [-0.1, -0.05) is 36.0 Å². The molecule has 0 saturated carbocycles. The summed E-state index contributed by atoms with van der Waals surface area (Å²) in [4.78, 5) is 28.8. The standard InChI is InChI=1S/C18H20N2O2S/c1-13(21)20(14-7-4-3-5-8-14)12-11-17-19(2)15-9-6-10-16(22)18(15)23-17/h3-9,17H,10-12H2,1-2H3. The van der Waals surface area contributed by atoms with Crippen molar-refractivity contribution in [1.29, 1.82) is 0 Å². The predicted octanol–water partition coefficient (Wildman–Crippen LogP) is 3.17. The van der Waals surface area contributed by atoms with E-state index in [1.807, 2.05) is 49.5 Å². The van der Waals surface area contributed by atoms with Crippen molar-refractivity contribution in [3.8, 4) is 0 Å². The molecule has 5 heteroatoms. The molecule has 0 saturated heterocycles. The summed E-state index contributed by atoms with van der Waals surface area (Å²) >= 11 is 1.63. The lowest BCUT2D eigenvalue weighted by Gasteiger charge is -2.27. The van der Waals surface area contributed by atoms with Gasteiger partial charge in [-0.05, 0) is 24.6 Å². The zero-order valence-electron chi connectivity index (χ0n) is 13.4. The summed E-state index contributed by atoms with van der Waals surface area (Å²) in [6.45, 7) is 2.23. The van der Waals surface area contributed by atoms with E-state index in [1.54, 1.807) is 23.6 Å². The average Bonchev–Trinajstić information content (AvgIpc) is 2.87. The summed E-state index contributed by atoms with van der Waals surface area (Å²) in [6, 6.07) is 9.71. The lowest BCUT2D eigenvalue weighted by molar-refractivity contribution is -0.116. The number of thioether (sulfide) groups is 1. The monoisotopic (exact) mass is 328 g/mol. The number of carbonyl (C=O) groups is 2. The number of amides is 1. The maximum atomic E-state index is 12.0. The molecule has 23 heavy (non-hydrogen) atoms. The molecule has 4 nitrogen and oxygen atoms in total. The molecule has 2 aliphatic rings. The molecule has 1 atom stereocenters. The van der Waals surface area contributed by atoms with E-state index in [-0.39, 0.29) is 17.1 Å². The van der Waals surface area contributed by atoms with Gasteiger partial charge >= 0.3 is 0 Å². The molecule has 0 fully saturated rings. The minimum Gasteiger partial charge on any atom is -0.361 e. The van der Waals surface area contributed by atoms with Crippen LogP contribution in [0.2, 0.25) is 0 Å². The summed E-state index contributed by atoms with van der Waals surface area (Å²) in [6.07, 6.45) is 5.26. The minimum absolute atomic E-state index is 0.0375. The summed E-state index contributed by atoms with van der Waals surface area (Å²) in [7, 11) is 2.02. The van der Waals surface area contributed by atoms with Crippen LogP contribution in [0, 0.1) is 0 Å². The first-order valence-corrected chi connectivity index (χ1v) is 8.62. The van der Waals surface area contributed by atoms with Crippen LogP contribution in [-0.4, -0.2) is 35.6 Å². The SMILES string of the molecule is CC(=O)N(CCC1SC2=C(C=CCC2=O)N1C)c1ccccc1. The van der Waals surface area contributed by atoms with Crippen LogP contribution in [-0.2, 0) is 9.59 Å². The lowest BCUT2D eigenvalue weighted by Crippen LogP contribution is -2.34. The number of likely N-dealkylation sites (N-methyl/N-ethyl adjacent to an activating group) is 1. The van der Waals surface area contributed by atoms with Gasteiger partial charge in [0.15, 0.2) is 5.78 Å². The van der Waals surface area contributed by atoms with Gasteiger partial charge in [-0.25, -0.2) is 0 Å². The molecule has 1 heterocycles. The van der Waals surface area contributed by atoms with Crippen molar-refractivity contribution in [3.63, 3.8) is 0 Å². The molecule has 1 aromatic rings. The maximum absolute atomic E-state index is 12.0. The van der Waals surface area contributed by atoms with Crippen LogP contribution in [0.5, 0.6) is 0 Å². The van der Waals surface area contributed by atoms with Crippen LogP contribution in [0.3, 0.4) is 0 Å². The molecule has 0 bridgehead atoms.